The number of para-hydroxylation sites is 1. The lowest BCUT2D eigenvalue weighted by Crippen LogP contribution is -2.27. The molecule has 2 aromatic rings. The van der Waals surface area contributed by atoms with Crippen molar-refractivity contribution in [2.75, 3.05) is 17.7 Å². The summed E-state index contributed by atoms with van der Waals surface area (Å²) < 4.78 is 0. The van der Waals surface area contributed by atoms with E-state index in [0.717, 1.165) is 16.4 Å². The van der Waals surface area contributed by atoms with Crippen LogP contribution in [0.25, 0.3) is 0 Å². The third-order valence-electron chi connectivity index (χ3n) is 2.94. The lowest BCUT2D eigenvalue weighted by atomic mass is 10.3. The molecule has 104 valence electrons. The number of hydrogen-bond acceptors (Lipinski definition) is 3. The molecular formula is C16H18N2OS. The number of pyridine rings is 1. The zero-order valence-electron chi connectivity index (χ0n) is 12.0. The summed E-state index contributed by atoms with van der Waals surface area (Å²) in [6.45, 7) is 4.01. The Morgan fingerprint density at radius 1 is 1.20 bits per heavy atom. The van der Waals surface area contributed by atoms with Gasteiger partial charge in [-0.3, -0.25) is 4.79 Å². The van der Waals surface area contributed by atoms with Crippen LogP contribution >= 0.6 is 11.8 Å². The number of hydrogen-bond donors (Lipinski definition) is 0. The average molecular weight is 286 g/mol. The number of nitrogens with zero attached hydrogens (tertiary/aromatic N) is 2. The number of carbonyl (C=O) groups excluding carboxylic acids is 1. The Morgan fingerprint density at radius 2 is 1.90 bits per heavy atom. The number of aryl methyl sites for hydroxylation is 2. The first-order valence-corrected chi connectivity index (χ1v) is 7.44. The van der Waals surface area contributed by atoms with E-state index in [1.54, 1.807) is 11.9 Å². The first-order valence-electron chi connectivity index (χ1n) is 6.46. The van der Waals surface area contributed by atoms with Crippen LogP contribution in [0.3, 0.4) is 0 Å². The molecular weight excluding hydrogens is 268 g/mol. The van der Waals surface area contributed by atoms with E-state index >= 15 is 0 Å². The highest BCUT2D eigenvalue weighted by atomic mass is 32.2. The van der Waals surface area contributed by atoms with E-state index in [-0.39, 0.29) is 5.91 Å². The number of benzene rings is 1. The van der Waals surface area contributed by atoms with E-state index in [2.05, 4.69) is 4.98 Å². The molecule has 4 heteroatoms. The number of thioether (sulfide) groups is 1. The fourth-order valence-electron chi connectivity index (χ4n) is 1.91. The highest BCUT2D eigenvalue weighted by molar-refractivity contribution is 7.99. The van der Waals surface area contributed by atoms with Crippen LogP contribution in [0, 0.1) is 13.8 Å². The predicted octanol–water partition coefficient (Wildman–Crippen LogP) is 3.45. The Morgan fingerprint density at radius 3 is 2.55 bits per heavy atom. The number of carbonyl (C=O) groups is 1. The molecule has 0 aliphatic rings. The molecule has 1 heterocycles. The third-order valence-corrected chi connectivity index (χ3v) is 3.83. The largest absolute Gasteiger partial charge is 0.315 e. The molecule has 0 saturated carbocycles. The molecule has 20 heavy (non-hydrogen) atoms. The van der Waals surface area contributed by atoms with Gasteiger partial charge in [0.15, 0.2) is 0 Å². The second kappa shape index (κ2) is 6.57. The van der Waals surface area contributed by atoms with Crippen LogP contribution in [0.1, 0.15) is 11.3 Å². The summed E-state index contributed by atoms with van der Waals surface area (Å²) in [4.78, 5) is 18.3. The molecule has 0 N–H and O–H groups in total. The molecule has 1 aromatic heterocycles. The molecule has 0 saturated heterocycles. The van der Waals surface area contributed by atoms with E-state index in [1.807, 2.05) is 56.3 Å². The summed E-state index contributed by atoms with van der Waals surface area (Å²) in [5.41, 5.74) is 3.06. The van der Waals surface area contributed by atoms with Gasteiger partial charge in [-0.2, -0.15) is 0 Å². The first-order chi connectivity index (χ1) is 9.56. The smallest absolute Gasteiger partial charge is 0.237 e. The van der Waals surface area contributed by atoms with Crippen molar-refractivity contribution < 1.29 is 4.79 Å². The molecule has 0 unspecified atom stereocenters. The second-order valence-corrected chi connectivity index (χ2v) is 5.70. The van der Waals surface area contributed by atoms with Crippen molar-refractivity contribution in [3.8, 4) is 0 Å². The second-order valence-electron chi connectivity index (χ2n) is 4.70. The van der Waals surface area contributed by atoms with Gasteiger partial charge >= 0.3 is 0 Å². The van der Waals surface area contributed by atoms with Crippen LogP contribution in [0.2, 0.25) is 0 Å². The monoisotopic (exact) mass is 286 g/mol. The third kappa shape index (κ3) is 3.84. The highest BCUT2D eigenvalue weighted by Crippen LogP contribution is 2.19. The molecule has 0 aliphatic heterocycles. The summed E-state index contributed by atoms with van der Waals surface area (Å²) in [5.74, 6) is 0.462. The van der Waals surface area contributed by atoms with Crippen LogP contribution in [0.4, 0.5) is 5.69 Å². The summed E-state index contributed by atoms with van der Waals surface area (Å²) in [7, 11) is 1.80. The van der Waals surface area contributed by atoms with Gasteiger partial charge < -0.3 is 4.90 Å². The van der Waals surface area contributed by atoms with Crippen molar-refractivity contribution in [2.45, 2.75) is 18.9 Å². The van der Waals surface area contributed by atoms with Gasteiger partial charge in [0.2, 0.25) is 5.91 Å². The van der Waals surface area contributed by atoms with Crippen molar-refractivity contribution in [3.63, 3.8) is 0 Å². The van der Waals surface area contributed by atoms with Gasteiger partial charge in [0.25, 0.3) is 0 Å². The number of aromatic nitrogens is 1. The Balaban J connectivity index is 1.98. The fraction of sp³-hybridized carbons (Fsp3) is 0.250. The molecule has 2 rings (SSSR count). The Bertz CT molecular complexity index is 578. The van der Waals surface area contributed by atoms with E-state index in [4.69, 9.17) is 0 Å². The molecule has 0 aliphatic carbocycles. The normalized spacial score (nSPS) is 10.3. The lowest BCUT2D eigenvalue weighted by molar-refractivity contribution is -0.115. The maximum atomic E-state index is 12.2. The molecule has 1 amide bonds. The lowest BCUT2D eigenvalue weighted by Gasteiger charge is -2.16. The minimum absolute atomic E-state index is 0.0714. The highest BCUT2D eigenvalue weighted by Gasteiger charge is 2.11. The van der Waals surface area contributed by atoms with Crippen LogP contribution < -0.4 is 4.90 Å². The van der Waals surface area contributed by atoms with Crippen LogP contribution in [0.5, 0.6) is 0 Å². The topological polar surface area (TPSA) is 33.2 Å². The number of rotatable bonds is 4. The maximum absolute atomic E-state index is 12.2. The minimum atomic E-state index is 0.0714. The van der Waals surface area contributed by atoms with Gasteiger partial charge in [0.1, 0.15) is 0 Å². The summed E-state index contributed by atoms with van der Waals surface area (Å²) in [6, 6.07) is 13.7. The maximum Gasteiger partial charge on any atom is 0.237 e. The minimum Gasteiger partial charge on any atom is -0.315 e. The van der Waals surface area contributed by atoms with Crippen molar-refractivity contribution >= 4 is 23.4 Å². The van der Waals surface area contributed by atoms with Crippen LogP contribution in [-0.2, 0) is 4.79 Å². The van der Waals surface area contributed by atoms with Gasteiger partial charge in [0, 0.05) is 18.4 Å². The summed E-state index contributed by atoms with van der Waals surface area (Å²) >= 11 is 1.48. The number of amides is 1. The fourth-order valence-corrected chi connectivity index (χ4v) is 2.85. The van der Waals surface area contributed by atoms with Crippen molar-refractivity contribution in [2.24, 2.45) is 0 Å². The van der Waals surface area contributed by atoms with E-state index < -0.39 is 0 Å². The quantitative estimate of drug-likeness (QED) is 0.807. The summed E-state index contributed by atoms with van der Waals surface area (Å²) in [5, 5.41) is 0.900. The van der Waals surface area contributed by atoms with Gasteiger partial charge in [-0.25, -0.2) is 4.98 Å². The van der Waals surface area contributed by atoms with Gasteiger partial charge in [0.05, 0.1) is 10.8 Å². The molecule has 1 aromatic carbocycles. The molecule has 3 nitrogen and oxygen atoms in total. The molecule has 0 bridgehead atoms. The molecule has 0 spiro atoms. The average Bonchev–Trinajstić information content (AvgIpc) is 2.44. The summed E-state index contributed by atoms with van der Waals surface area (Å²) in [6.07, 6.45) is 0. The predicted molar refractivity (Wildman–Crippen MR) is 84.3 cm³/mol. The van der Waals surface area contributed by atoms with Crippen LogP contribution in [-0.4, -0.2) is 23.7 Å². The van der Waals surface area contributed by atoms with Crippen LogP contribution in [0.15, 0.2) is 47.5 Å². The van der Waals surface area contributed by atoms with Crippen molar-refractivity contribution in [1.82, 2.24) is 4.98 Å². The standard InChI is InChI=1S/C16H18N2OS/c1-12-9-13(2)17-15(10-12)20-11-16(19)18(3)14-7-5-4-6-8-14/h4-10H,11H2,1-3H3. The number of anilines is 1. The molecule has 0 atom stereocenters. The van der Waals surface area contributed by atoms with E-state index in [9.17, 15) is 4.79 Å². The van der Waals surface area contributed by atoms with Gasteiger partial charge in [-0.1, -0.05) is 30.0 Å². The van der Waals surface area contributed by atoms with E-state index in [1.165, 1.54) is 17.3 Å². The van der Waals surface area contributed by atoms with Crippen molar-refractivity contribution in [1.29, 1.82) is 0 Å². The molecule has 0 radical (unpaired) electrons. The van der Waals surface area contributed by atoms with Gasteiger partial charge in [-0.15, -0.1) is 0 Å². The Labute approximate surface area is 124 Å². The van der Waals surface area contributed by atoms with Crippen molar-refractivity contribution in [3.05, 3.63) is 53.7 Å². The SMILES string of the molecule is Cc1cc(C)nc(SCC(=O)N(C)c2ccccc2)c1. The first kappa shape index (κ1) is 14.6. The van der Waals surface area contributed by atoms with E-state index in [0.29, 0.717) is 5.75 Å². The van der Waals surface area contributed by atoms with Gasteiger partial charge in [-0.05, 0) is 43.7 Å². The Hall–Kier alpha value is -1.81. The zero-order chi connectivity index (χ0) is 14.5. The Kier molecular flexibility index (Phi) is 4.79. The zero-order valence-corrected chi connectivity index (χ0v) is 12.8. The molecule has 0 fully saturated rings.